The van der Waals surface area contributed by atoms with Gasteiger partial charge in [-0.15, -0.1) is 0 Å². The first-order valence-electron chi connectivity index (χ1n) is 8.61. The van der Waals surface area contributed by atoms with E-state index in [1.807, 2.05) is 0 Å². The zero-order valence-corrected chi connectivity index (χ0v) is 14.2. The van der Waals surface area contributed by atoms with Crippen molar-refractivity contribution in [2.75, 3.05) is 19.6 Å². The van der Waals surface area contributed by atoms with Crippen molar-refractivity contribution in [1.82, 2.24) is 10.2 Å². The molecule has 0 aromatic heterocycles. The highest BCUT2D eigenvalue weighted by atomic mass is 15.2. The van der Waals surface area contributed by atoms with Gasteiger partial charge in [0.05, 0.1) is 0 Å². The zero-order valence-electron chi connectivity index (χ0n) is 14.2. The van der Waals surface area contributed by atoms with Gasteiger partial charge in [0.25, 0.3) is 0 Å². The van der Waals surface area contributed by atoms with E-state index in [-0.39, 0.29) is 0 Å². The van der Waals surface area contributed by atoms with Crippen molar-refractivity contribution in [1.29, 1.82) is 0 Å². The smallest absolute Gasteiger partial charge is 0.0244 e. The highest BCUT2D eigenvalue weighted by Gasteiger charge is 2.30. The van der Waals surface area contributed by atoms with Crippen LogP contribution in [0.15, 0.2) is 30.3 Å². The van der Waals surface area contributed by atoms with Crippen molar-refractivity contribution in [3.05, 3.63) is 35.9 Å². The van der Waals surface area contributed by atoms with Crippen molar-refractivity contribution >= 4 is 0 Å². The van der Waals surface area contributed by atoms with Gasteiger partial charge in [-0.1, -0.05) is 64.4 Å². The standard InChI is InChI=1S/C19H32N2/c1-5-16(4)13-21-14-18(20-12-19(21)15(2)3)11-17-9-7-6-8-10-17/h6-10,15-16,18-20H,5,11-14H2,1-4H3. The molecule has 1 aliphatic rings. The molecule has 0 aliphatic carbocycles. The van der Waals surface area contributed by atoms with E-state index in [1.54, 1.807) is 0 Å². The lowest BCUT2D eigenvalue weighted by atomic mass is 9.94. The predicted octanol–water partition coefficient (Wildman–Crippen LogP) is 3.57. The molecule has 1 heterocycles. The molecule has 1 saturated heterocycles. The van der Waals surface area contributed by atoms with Crippen LogP contribution in [0.2, 0.25) is 0 Å². The van der Waals surface area contributed by atoms with E-state index in [0.717, 1.165) is 24.8 Å². The van der Waals surface area contributed by atoms with Crippen LogP contribution in [0.25, 0.3) is 0 Å². The molecule has 3 atom stereocenters. The lowest BCUT2D eigenvalue weighted by molar-refractivity contribution is 0.0833. The first kappa shape index (κ1) is 16.5. The molecular weight excluding hydrogens is 256 g/mol. The summed E-state index contributed by atoms with van der Waals surface area (Å²) in [5.74, 6) is 1.51. The average Bonchev–Trinajstić information content (AvgIpc) is 2.48. The van der Waals surface area contributed by atoms with Crippen molar-refractivity contribution in [3.8, 4) is 0 Å². The highest BCUT2D eigenvalue weighted by Crippen LogP contribution is 2.19. The molecule has 3 unspecified atom stereocenters. The number of nitrogens with zero attached hydrogens (tertiary/aromatic N) is 1. The van der Waals surface area contributed by atoms with Gasteiger partial charge in [-0.2, -0.15) is 0 Å². The van der Waals surface area contributed by atoms with E-state index in [0.29, 0.717) is 12.1 Å². The van der Waals surface area contributed by atoms with Crippen molar-refractivity contribution in [3.63, 3.8) is 0 Å². The summed E-state index contributed by atoms with van der Waals surface area (Å²) >= 11 is 0. The number of benzene rings is 1. The van der Waals surface area contributed by atoms with Crippen molar-refractivity contribution < 1.29 is 0 Å². The summed E-state index contributed by atoms with van der Waals surface area (Å²) in [6.07, 6.45) is 2.42. The molecule has 1 N–H and O–H groups in total. The van der Waals surface area contributed by atoms with Crippen LogP contribution in [0.5, 0.6) is 0 Å². The molecule has 2 nitrogen and oxygen atoms in total. The maximum Gasteiger partial charge on any atom is 0.0244 e. The van der Waals surface area contributed by atoms with Crippen LogP contribution in [0, 0.1) is 11.8 Å². The molecule has 0 bridgehead atoms. The lowest BCUT2D eigenvalue weighted by Crippen LogP contribution is -2.59. The van der Waals surface area contributed by atoms with Crippen LogP contribution in [0.3, 0.4) is 0 Å². The number of hydrogen-bond acceptors (Lipinski definition) is 2. The van der Waals surface area contributed by atoms with Gasteiger partial charge in [-0.05, 0) is 23.8 Å². The monoisotopic (exact) mass is 288 g/mol. The highest BCUT2D eigenvalue weighted by molar-refractivity contribution is 5.16. The third-order valence-electron chi connectivity index (χ3n) is 4.88. The quantitative estimate of drug-likeness (QED) is 0.861. The van der Waals surface area contributed by atoms with Crippen LogP contribution in [-0.4, -0.2) is 36.6 Å². The Morgan fingerprint density at radius 2 is 1.90 bits per heavy atom. The summed E-state index contributed by atoms with van der Waals surface area (Å²) in [5, 5.41) is 3.78. The third kappa shape index (κ3) is 4.82. The normalized spacial score (nSPS) is 25.2. The summed E-state index contributed by atoms with van der Waals surface area (Å²) in [4.78, 5) is 2.74. The van der Waals surface area contributed by atoms with Crippen LogP contribution in [0.1, 0.15) is 39.7 Å². The molecule has 0 saturated carbocycles. The summed E-state index contributed by atoms with van der Waals surface area (Å²) in [6, 6.07) is 12.2. The Morgan fingerprint density at radius 1 is 1.19 bits per heavy atom. The maximum absolute atomic E-state index is 3.78. The second kappa shape index (κ2) is 7.95. The summed E-state index contributed by atoms with van der Waals surface area (Å²) < 4.78 is 0. The SMILES string of the molecule is CCC(C)CN1CC(Cc2ccccc2)NCC1C(C)C. The van der Waals surface area contributed by atoms with Gasteiger partial charge in [0.2, 0.25) is 0 Å². The van der Waals surface area contributed by atoms with Crippen LogP contribution >= 0.6 is 0 Å². The molecule has 1 aliphatic heterocycles. The van der Waals surface area contributed by atoms with Crippen LogP contribution < -0.4 is 5.32 Å². The third-order valence-corrected chi connectivity index (χ3v) is 4.88. The van der Waals surface area contributed by atoms with Gasteiger partial charge in [0.15, 0.2) is 0 Å². The first-order valence-corrected chi connectivity index (χ1v) is 8.61. The molecule has 118 valence electrons. The fraction of sp³-hybridized carbons (Fsp3) is 0.684. The lowest BCUT2D eigenvalue weighted by Gasteiger charge is -2.43. The minimum absolute atomic E-state index is 0.589. The van der Waals surface area contributed by atoms with Crippen LogP contribution in [-0.2, 0) is 6.42 Å². The summed E-state index contributed by atoms with van der Waals surface area (Å²) in [5.41, 5.74) is 1.45. The van der Waals surface area contributed by atoms with Gasteiger partial charge in [-0.25, -0.2) is 0 Å². The predicted molar refractivity (Wildman–Crippen MR) is 91.6 cm³/mol. The van der Waals surface area contributed by atoms with Gasteiger partial charge in [-0.3, -0.25) is 4.90 Å². The first-order chi connectivity index (χ1) is 10.1. The van der Waals surface area contributed by atoms with E-state index in [2.05, 4.69) is 68.2 Å². The molecule has 2 heteroatoms. The van der Waals surface area contributed by atoms with Gasteiger partial charge >= 0.3 is 0 Å². The van der Waals surface area contributed by atoms with Gasteiger partial charge in [0, 0.05) is 31.7 Å². The van der Waals surface area contributed by atoms with E-state index in [9.17, 15) is 0 Å². The number of rotatable bonds is 6. The van der Waals surface area contributed by atoms with Gasteiger partial charge < -0.3 is 5.32 Å². The molecule has 1 fully saturated rings. The zero-order chi connectivity index (χ0) is 15.2. The topological polar surface area (TPSA) is 15.3 Å². The Kier molecular flexibility index (Phi) is 6.25. The maximum atomic E-state index is 3.78. The van der Waals surface area contributed by atoms with Crippen molar-refractivity contribution in [2.24, 2.45) is 11.8 Å². The van der Waals surface area contributed by atoms with E-state index >= 15 is 0 Å². The Bertz CT molecular complexity index is 401. The molecule has 0 radical (unpaired) electrons. The molecular formula is C19H32N2. The second-order valence-electron chi connectivity index (χ2n) is 7.07. The van der Waals surface area contributed by atoms with E-state index in [1.165, 1.54) is 25.1 Å². The molecule has 1 aromatic carbocycles. The van der Waals surface area contributed by atoms with Crippen LogP contribution in [0.4, 0.5) is 0 Å². The minimum atomic E-state index is 0.589. The number of piperazine rings is 1. The summed E-state index contributed by atoms with van der Waals surface area (Å²) in [6.45, 7) is 12.9. The molecule has 2 rings (SSSR count). The fourth-order valence-corrected chi connectivity index (χ4v) is 3.33. The second-order valence-corrected chi connectivity index (χ2v) is 7.07. The molecule has 21 heavy (non-hydrogen) atoms. The minimum Gasteiger partial charge on any atom is -0.311 e. The Morgan fingerprint density at radius 3 is 2.52 bits per heavy atom. The molecule has 0 amide bonds. The summed E-state index contributed by atoms with van der Waals surface area (Å²) in [7, 11) is 0. The average molecular weight is 288 g/mol. The number of nitrogens with one attached hydrogen (secondary N) is 1. The Balaban J connectivity index is 1.97. The van der Waals surface area contributed by atoms with E-state index in [4.69, 9.17) is 0 Å². The van der Waals surface area contributed by atoms with Crippen molar-refractivity contribution in [2.45, 2.75) is 52.6 Å². The largest absolute Gasteiger partial charge is 0.311 e. The Labute approximate surface area is 130 Å². The Hall–Kier alpha value is -0.860. The van der Waals surface area contributed by atoms with E-state index < -0.39 is 0 Å². The molecule has 1 aromatic rings. The number of hydrogen-bond donors (Lipinski definition) is 1. The molecule has 0 spiro atoms. The fourth-order valence-electron chi connectivity index (χ4n) is 3.33. The van der Waals surface area contributed by atoms with Gasteiger partial charge in [0.1, 0.15) is 0 Å².